The number of rotatable bonds is 12. The Morgan fingerprint density at radius 2 is 1.35 bits per heavy atom. The number of aliphatic hydroxyl groups excluding tert-OH is 1. The molecule has 4 rings (SSSR count). The summed E-state index contributed by atoms with van der Waals surface area (Å²) in [6, 6.07) is 25.2. The summed E-state index contributed by atoms with van der Waals surface area (Å²) in [4.78, 5) is 41.4. The van der Waals surface area contributed by atoms with Crippen molar-refractivity contribution in [1.82, 2.24) is 29.3 Å². The first-order chi connectivity index (χ1) is 30.2. The zero-order valence-electron chi connectivity index (χ0n) is 39.2. The number of aliphatic hydroxyl groups is 1. The number of likely N-dealkylation sites (N-methyl/N-ethyl adjacent to an activating group) is 2. The molecular formula is C40H58ClF2K3N14O6. The second-order valence-corrected chi connectivity index (χ2v) is 11.4. The Hall–Kier alpha value is -2.67. The van der Waals surface area contributed by atoms with E-state index in [1.165, 1.54) is 79.3 Å². The molecule has 0 radical (unpaired) electrons. The molecule has 0 aliphatic heterocycles. The van der Waals surface area contributed by atoms with Gasteiger partial charge in [-0.25, -0.2) is 19.9 Å². The number of carbonyl (C=O) groups is 2. The van der Waals surface area contributed by atoms with Gasteiger partial charge in [-0.1, -0.05) is 37.8 Å². The van der Waals surface area contributed by atoms with E-state index >= 15 is 0 Å². The maximum absolute atomic E-state index is 11.5. The van der Waals surface area contributed by atoms with Gasteiger partial charge in [0.2, 0.25) is 11.8 Å². The van der Waals surface area contributed by atoms with Crippen molar-refractivity contribution in [3.05, 3.63) is 102 Å². The molecule has 0 saturated heterocycles. The Balaban J connectivity index is -0.000000141. The van der Waals surface area contributed by atoms with Gasteiger partial charge in [-0.3, -0.25) is 9.59 Å². The summed E-state index contributed by atoms with van der Waals surface area (Å²) in [7, 11) is 6.67. The SMILES string of the molecule is C.CCO.CCOC=N/C(C#N)=C(\N)C#N.CN(C)C(=O)COc1cccc(CN)n1.CN(C)C(=O)COc1cccc(Cn2cnc(C#N)c2N)n1.Cl.FF.Nc1ccccc1.[H-].[K+].[K][K]. The number of nitrogen functional groups attached to an aromatic ring is 2. The number of anilines is 2. The van der Waals surface area contributed by atoms with E-state index in [1.807, 2.05) is 36.4 Å². The topological polar surface area (TPSA) is 320 Å². The van der Waals surface area contributed by atoms with E-state index in [4.69, 9.17) is 67.2 Å². The van der Waals surface area contributed by atoms with E-state index in [0.717, 1.165) is 17.8 Å². The fourth-order valence-corrected chi connectivity index (χ4v) is 3.41. The molecule has 0 aliphatic carbocycles. The van der Waals surface area contributed by atoms with Gasteiger partial charge in [0.1, 0.15) is 29.7 Å². The quantitative estimate of drug-likeness (QED) is 0.0411. The number of pyridine rings is 2. The zero-order chi connectivity index (χ0) is 48.6. The molecule has 0 spiro atoms. The number of imidazole rings is 1. The molecular weight excluding hydrogens is 963 g/mol. The third kappa shape index (κ3) is 37.3. The molecule has 3 heterocycles. The third-order valence-corrected chi connectivity index (χ3v) is 6.48. The number of hydrogen-bond acceptors (Lipinski definition) is 17. The van der Waals surface area contributed by atoms with Gasteiger partial charge in [0.25, 0.3) is 11.8 Å². The number of para-hydroxylation sites is 1. The Labute approximate surface area is 481 Å². The van der Waals surface area contributed by atoms with Gasteiger partial charge in [-0.05, 0) is 38.1 Å². The van der Waals surface area contributed by atoms with Crippen molar-refractivity contribution in [3.8, 4) is 30.0 Å². The van der Waals surface area contributed by atoms with E-state index in [-0.39, 0.29) is 121 Å². The molecule has 4 aromatic rings. The number of amides is 2. The number of hydrogen-bond donors (Lipinski definition) is 5. The average Bonchev–Trinajstić information content (AvgIpc) is 3.66. The number of nitrogens with zero attached hydrogens (tertiary/aromatic N) is 10. The fourth-order valence-electron chi connectivity index (χ4n) is 3.41. The second kappa shape index (κ2) is 50.2. The molecule has 3 aromatic heterocycles. The Bertz CT molecular complexity index is 2080. The van der Waals surface area contributed by atoms with Crippen molar-refractivity contribution in [3.63, 3.8) is 0 Å². The van der Waals surface area contributed by atoms with E-state index in [0.29, 0.717) is 43.0 Å². The predicted molar refractivity (Wildman–Crippen MR) is 250 cm³/mol. The summed E-state index contributed by atoms with van der Waals surface area (Å²) in [5.41, 5.74) is 23.8. The van der Waals surface area contributed by atoms with Crippen LogP contribution in [0.4, 0.5) is 20.7 Å². The minimum absolute atomic E-state index is 0. The minimum atomic E-state index is -0.214. The van der Waals surface area contributed by atoms with Crippen LogP contribution in [0.2, 0.25) is 0 Å². The van der Waals surface area contributed by atoms with Gasteiger partial charge in [-0.2, -0.15) is 15.8 Å². The van der Waals surface area contributed by atoms with Crippen molar-refractivity contribution >= 4 is 105 Å². The van der Waals surface area contributed by atoms with Crippen LogP contribution in [0, 0.1) is 34.0 Å². The van der Waals surface area contributed by atoms with Crippen molar-refractivity contribution in [2.45, 2.75) is 34.4 Å². The summed E-state index contributed by atoms with van der Waals surface area (Å²) < 4.78 is 32.9. The molecule has 0 unspecified atom stereocenters. The summed E-state index contributed by atoms with van der Waals surface area (Å²) in [5.74, 6) is 0.818. The molecule has 66 heavy (non-hydrogen) atoms. The number of ether oxygens (including phenoxy) is 3. The predicted octanol–water partition coefficient (Wildman–Crippen LogP) is 0.0438. The van der Waals surface area contributed by atoms with Crippen molar-refractivity contribution < 1.29 is 90.9 Å². The van der Waals surface area contributed by atoms with Crippen LogP contribution in [0.5, 0.6) is 11.8 Å². The number of aliphatic imine (C=N–C) groups is 1. The molecule has 0 fully saturated rings. The molecule has 0 bridgehead atoms. The van der Waals surface area contributed by atoms with Crippen molar-refractivity contribution in [1.29, 1.82) is 15.8 Å². The monoisotopic (exact) mass is 1020 g/mol. The molecule has 0 saturated carbocycles. The first-order valence-electron chi connectivity index (χ1n) is 18.7. The first kappa shape index (κ1) is 74.9. The number of benzene rings is 1. The van der Waals surface area contributed by atoms with Crippen LogP contribution in [0.25, 0.3) is 0 Å². The number of allylic oxidation sites excluding steroid dienone is 2. The van der Waals surface area contributed by atoms with Gasteiger partial charge in [0, 0.05) is 68.3 Å². The Morgan fingerprint density at radius 1 is 0.879 bits per heavy atom. The van der Waals surface area contributed by atoms with E-state index in [2.05, 4.69) is 19.9 Å². The summed E-state index contributed by atoms with van der Waals surface area (Å²) in [6.45, 7) is 4.80. The standard InChI is InChI=1S/C14H16N6O2.C10H15N3O2.C7H8N4O.C6H7N.C2H6O.CH4.ClH.F2.3K.H/c1-19(2)13(21)8-22-12-5-3-4-10(18-12)7-20-9-17-11(6-15)14(20)16;1-13(2)10(14)7-15-9-5-3-4-8(6-11)12-9;1-2-12-5-11-7(4-9)6(10)3-8;7-6-4-2-1-3-5-6;1-2-3;;;1-2;;;;/h3-5,9H,7-8,16H2,1-2H3;3-5H,6-7,11H2,1-2H3;5H,2,10H2,1H3;1-5H,7H2;3H,2H2,1H3;1H4;1H;;;;;/q;;;;;;;;;;+1;-1/b;;7-6-,11-5?;;;;;;;;;. The first-order valence-corrected chi connectivity index (χ1v) is 34.7. The molecule has 20 nitrogen and oxygen atoms in total. The number of aromatic nitrogens is 4. The van der Waals surface area contributed by atoms with Crippen molar-refractivity contribution in [2.24, 2.45) is 16.5 Å². The maximum atomic E-state index is 11.5. The van der Waals surface area contributed by atoms with E-state index in [9.17, 15) is 9.59 Å². The number of nitriles is 3. The van der Waals surface area contributed by atoms with Gasteiger partial charge >= 0.3 is 115 Å². The zero-order valence-corrected chi connectivity index (χ0v) is 48.4. The second-order valence-electron chi connectivity index (χ2n) is 11.4. The molecule has 2 amide bonds. The van der Waals surface area contributed by atoms with Crippen LogP contribution in [0.3, 0.4) is 0 Å². The number of halogens is 3. The van der Waals surface area contributed by atoms with Gasteiger partial charge < -0.3 is 58.0 Å². The van der Waals surface area contributed by atoms with Crippen LogP contribution in [-0.4, -0.2) is 170 Å². The van der Waals surface area contributed by atoms with Gasteiger partial charge in [0.15, 0.2) is 31.0 Å². The molecule has 0 atom stereocenters. The van der Waals surface area contributed by atoms with Crippen LogP contribution in [0.15, 0.2) is 89.4 Å². The third-order valence-electron chi connectivity index (χ3n) is 6.48. The van der Waals surface area contributed by atoms with E-state index < -0.39 is 0 Å². The molecule has 1 aromatic carbocycles. The number of carbonyl (C=O) groups excluding carboxylic acids is 2. The number of nitrogens with two attached hydrogens (primary N) is 4. The van der Waals surface area contributed by atoms with Crippen LogP contribution >= 0.6 is 12.4 Å². The van der Waals surface area contributed by atoms with Crippen LogP contribution in [-0.2, 0) is 27.4 Å². The molecule has 26 heteroatoms. The van der Waals surface area contributed by atoms with Gasteiger partial charge in [-0.15, -0.1) is 12.4 Å². The Morgan fingerprint density at radius 3 is 1.71 bits per heavy atom. The molecule has 9 N–H and O–H groups in total. The Kier molecular flexibility index (Phi) is 57.0. The molecule has 0 aliphatic rings. The van der Waals surface area contributed by atoms with Crippen LogP contribution < -0.4 is 83.8 Å². The summed E-state index contributed by atoms with van der Waals surface area (Å²) >= 11 is 2.50. The summed E-state index contributed by atoms with van der Waals surface area (Å²) in [6.07, 6.45) is 2.57. The normalized spacial score (nSPS) is 9.08. The van der Waals surface area contributed by atoms with Crippen LogP contribution in [0.1, 0.15) is 39.8 Å². The summed E-state index contributed by atoms with van der Waals surface area (Å²) in [5, 5.41) is 33.1. The average molecular weight is 1020 g/mol. The van der Waals surface area contributed by atoms with E-state index in [1.54, 1.807) is 95.1 Å². The molecule has 348 valence electrons. The van der Waals surface area contributed by atoms with Crippen molar-refractivity contribution in [2.75, 3.05) is 66.1 Å². The fraction of sp³-hybridized carbons (Fsp3) is 0.325. The van der Waals surface area contributed by atoms with Gasteiger partial charge in [0.05, 0.1) is 30.9 Å².